The molecular formula is C12H17F2N. The fourth-order valence-corrected chi connectivity index (χ4v) is 1.95. The van der Waals surface area contributed by atoms with Crippen molar-refractivity contribution in [2.24, 2.45) is 5.73 Å². The van der Waals surface area contributed by atoms with Crippen molar-refractivity contribution in [3.8, 4) is 0 Å². The Kier molecular flexibility index (Phi) is 3.45. The molecule has 0 aromatic heterocycles. The van der Waals surface area contributed by atoms with Gasteiger partial charge in [-0.25, -0.2) is 8.78 Å². The van der Waals surface area contributed by atoms with Gasteiger partial charge in [0.2, 0.25) is 0 Å². The number of nitrogens with two attached hydrogens (primary N) is 1. The van der Waals surface area contributed by atoms with Crippen molar-refractivity contribution in [1.82, 2.24) is 0 Å². The van der Waals surface area contributed by atoms with Crippen LogP contribution in [0.15, 0.2) is 18.2 Å². The van der Waals surface area contributed by atoms with Crippen LogP contribution in [0.5, 0.6) is 0 Å². The minimum Gasteiger partial charge on any atom is -0.328 e. The van der Waals surface area contributed by atoms with Crippen LogP contribution in [0.1, 0.15) is 32.8 Å². The van der Waals surface area contributed by atoms with Gasteiger partial charge in [0.1, 0.15) is 11.6 Å². The summed E-state index contributed by atoms with van der Waals surface area (Å²) < 4.78 is 26.2. The second kappa shape index (κ2) is 4.27. The SMILES string of the molecule is CC(N)CC(C)(C)c1ccc(F)cc1F. The molecule has 0 aliphatic carbocycles. The molecule has 1 unspecified atom stereocenters. The first-order valence-corrected chi connectivity index (χ1v) is 5.04. The molecule has 15 heavy (non-hydrogen) atoms. The third-order valence-electron chi connectivity index (χ3n) is 2.49. The van der Waals surface area contributed by atoms with Crippen LogP contribution in [-0.4, -0.2) is 6.04 Å². The van der Waals surface area contributed by atoms with Crippen molar-refractivity contribution in [3.05, 3.63) is 35.4 Å². The zero-order chi connectivity index (χ0) is 11.6. The van der Waals surface area contributed by atoms with E-state index in [0.717, 1.165) is 6.07 Å². The standard InChI is InChI=1S/C12H17F2N/c1-8(15)7-12(2,3)10-5-4-9(13)6-11(10)14/h4-6,8H,7,15H2,1-3H3. The number of benzene rings is 1. The van der Waals surface area contributed by atoms with Crippen LogP contribution in [-0.2, 0) is 5.41 Å². The minimum absolute atomic E-state index is 0.00977. The van der Waals surface area contributed by atoms with E-state index in [0.29, 0.717) is 12.0 Å². The zero-order valence-corrected chi connectivity index (χ0v) is 9.35. The maximum absolute atomic E-state index is 13.5. The molecule has 84 valence electrons. The molecule has 1 atom stereocenters. The van der Waals surface area contributed by atoms with Crippen molar-refractivity contribution in [1.29, 1.82) is 0 Å². The van der Waals surface area contributed by atoms with E-state index < -0.39 is 11.6 Å². The van der Waals surface area contributed by atoms with Crippen LogP contribution in [0.3, 0.4) is 0 Å². The molecule has 1 rings (SSSR count). The Hall–Kier alpha value is -0.960. The molecule has 0 bridgehead atoms. The highest BCUT2D eigenvalue weighted by Crippen LogP contribution is 2.30. The van der Waals surface area contributed by atoms with E-state index in [9.17, 15) is 8.78 Å². The maximum atomic E-state index is 13.5. The lowest BCUT2D eigenvalue weighted by Crippen LogP contribution is -2.29. The van der Waals surface area contributed by atoms with Gasteiger partial charge in [-0.2, -0.15) is 0 Å². The van der Waals surface area contributed by atoms with Crippen molar-refractivity contribution in [3.63, 3.8) is 0 Å². The van der Waals surface area contributed by atoms with Gasteiger partial charge < -0.3 is 5.73 Å². The van der Waals surface area contributed by atoms with Crippen molar-refractivity contribution in [2.75, 3.05) is 0 Å². The van der Waals surface area contributed by atoms with Crippen molar-refractivity contribution >= 4 is 0 Å². The first-order chi connectivity index (χ1) is 6.83. The highest BCUT2D eigenvalue weighted by atomic mass is 19.1. The first-order valence-electron chi connectivity index (χ1n) is 5.04. The van der Waals surface area contributed by atoms with Gasteiger partial charge in [0.25, 0.3) is 0 Å². The first kappa shape index (κ1) is 12.1. The van der Waals surface area contributed by atoms with Gasteiger partial charge >= 0.3 is 0 Å². The predicted octanol–water partition coefficient (Wildman–Crippen LogP) is 2.98. The van der Waals surface area contributed by atoms with E-state index in [2.05, 4.69) is 0 Å². The zero-order valence-electron chi connectivity index (χ0n) is 9.35. The summed E-state index contributed by atoms with van der Waals surface area (Å²) in [6, 6.07) is 3.68. The summed E-state index contributed by atoms with van der Waals surface area (Å²) in [5.74, 6) is -1.05. The predicted molar refractivity (Wildman–Crippen MR) is 57.7 cm³/mol. The Balaban J connectivity index is 3.04. The minimum atomic E-state index is -0.548. The molecule has 0 radical (unpaired) electrons. The molecule has 0 saturated carbocycles. The Bertz CT molecular complexity index is 345. The van der Waals surface area contributed by atoms with Gasteiger partial charge in [0, 0.05) is 12.1 Å². The average Bonchev–Trinajstić information content (AvgIpc) is 1.99. The molecule has 1 aromatic rings. The summed E-state index contributed by atoms with van der Waals surface area (Å²) in [6.07, 6.45) is 0.662. The molecule has 0 amide bonds. The lowest BCUT2D eigenvalue weighted by Gasteiger charge is -2.27. The van der Waals surface area contributed by atoms with E-state index in [4.69, 9.17) is 5.73 Å². The van der Waals surface area contributed by atoms with Gasteiger partial charge in [-0.15, -0.1) is 0 Å². The number of halogens is 2. The molecule has 3 heteroatoms. The lowest BCUT2D eigenvalue weighted by atomic mass is 9.79. The average molecular weight is 213 g/mol. The molecule has 0 fully saturated rings. The Morgan fingerprint density at radius 3 is 2.40 bits per heavy atom. The van der Waals surface area contributed by atoms with Crippen LogP contribution in [0.4, 0.5) is 8.78 Å². The van der Waals surface area contributed by atoms with Crippen LogP contribution in [0.25, 0.3) is 0 Å². The van der Waals surface area contributed by atoms with Gasteiger partial charge in [0.05, 0.1) is 0 Å². The van der Waals surface area contributed by atoms with Crippen molar-refractivity contribution in [2.45, 2.75) is 38.6 Å². The lowest BCUT2D eigenvalue weighted by molar-refractivity contribution is 0.415. The van der Waals surface area contributed by atoms with Crippen LogP contribution < -0.4 is 5.73 Å². The number of hydrogen-bond acceptors (Lipinski definition) is 1. The summed E-state index contributed by atoms with van der Waals surface area (Å²) in [6.45, 7) is 5.70. The van der Waals surface area contributed by atoms with E-state index in [-0.39, 0.29) is 11.5 Å². The molecule has 0 aliphatic rings. The Morgan fingerprint density at radius 2 is 1.93 bits per heavy atom. The third-order valence-corrected chi connectivity index (χ3v) is 2.49. The van der Waals surface area contributed by atoms with E-state index in [1.165, 1.54) is 12.1 Å². The van der Waals surface area contributed by atoms with Gasteiger partial charge in [-0.1, -0.05) is 19.9 Å². The summed E-state index contributed by atoms with van der Waals surface area (Å²) in [5.41, 5.74) is 5.85. The highest BCUT2D eigenvalue weighted by Gasteiger charge is 2.25. The monoisotopic (exact) mass is 213 g/mol. The molecule has 0 spiro atoms. The normalized spacial score (nSPS) is 14.0. The summed E-state index contributed by atoms with van der Waals surface area (Å²) in [5, 5.41) is 0. The van der Waals surface area contributed by atoms with Crippen LogP contribution in [0.2, 0.25) is 0 Å². The summed E-state index contributed by atoms with van der Waals surface area (Å²) in [7, 11) is 0. The second-order valence-corrected chi connectivity index (χ2v) is 4.69. The molecule has 1 aromatic carbocycles. The second-order valence-electron chi connectivity index (χ2n) is 4.69. The molecule has 2 N–H and O–H groups in total. The summed E-state index contributed by atoms with van der Waals surface area (Å²) >= 11 is 0. The number of rotatable bonds is 3. The smallest absolute Gasteiger partial charge is 0.129 e. The van der Waals surface area contributed by atoms with Crippen LogP contribution >= 0.6 is 0 Å². The fourth-order valence-electron chi connectivity index (χ4n) is 1.95. The maximum Gasteiger partial charge on any atom is 0.129 e. The highest BCUT2D eigenvalue weighted by molar-refractivity contribution is 5.26. The fraction of sp³-hybridized carbons (Fsp3) is 0.500. The molecule has 0 aliphatic heterocycles. The topological polar surface area (TPSA) is 26.0 Å². The van der Waals surface area contributed by atoms with Gasteiger partial charge in [0.15, 0.2) is 0 Å². The number of hydrogen-bond donors (Lipinski definition) is 1. The van der Waals surface area contributed by atoms with Gasteiger partial charge in [-0.3, -0.25) is 0 Å². The Morgan fingerprint density at radius 1 is 1.33 bits per heavy atom. The molecule has 1 nitrogen and oxygen atoms in total. The molecular weight excluding hydrogens is 196 g/mol. The van der Waals surface area contributed by atoms with E-state index >= 15 is 0 Å². The molecule has 0 saturated heterocycles. The third kappa shape index (κ3) is 2.99. The largest absolute Gasteiger partial charge is 0.328 e. The van der Waals surface area contributed by atoms with Gasteiger partial charge in [-0.05, 0) is 30.4 Å². The van der Waals surface area contributed by atoms with Crippen LogP contribution in [0, 0.1) is 11.6 Å². The summed E-state index contributed by atoms with van der Waals surface area (Å²) in [4.78, 5) is 0. The van der Waals surface area contributed by atoms with Crippen molar-refractivity contribution < 1.29 is 8.78 Å². The molecule has 0 heterocycles. The Labute approximate surface area is 89.3 Å². The van der Waals surface area contributed by atoms with E-state index in [1.807, 2.05) is 20.8 Å². The van der Waals surface area contributed by atoms with E-state index in [1.54, 1.807) is 0 Å². The quantitative estimate of drug-likeness (QED) is 0.820.